The topological polar surface area (TPSA) is 43.8 Å². The minimum absolute atomic E-state index is 0.203. The molecule has 1 heterocycles. The van der Waals surface area contributed by atoms with Crippen molar-refractivity contribution in [3.05, 3.63) is 47.5 Å². The molecule has 0 spiro atoms. The standard InChI is InChI=1S/C14H19N3/c1-10-8-14(17-7-6-16-12(17)3)5-4-13(10)9-11(2)15/h4-8,11H,9,15H2,1-3H3. The first kappa shape index (κ1) is 11.9. The fraction of sp³-hybridized carbons (Fsp3) is 0.357. The zero-order chi connectivity index (χ0) is 12.4. The number of imidazole rings is 1. The highest BCUT2D eigenvalue weighted by Gasteiger charge is 2.05. The van der Waals surface area contributed by atoms with Crippen molar-refractivity contribution in [2.45, 2.75) is 33.2 Å². The normalized spacial score (nSPS) is 12.7. The van der Waals surface area contributed by atoms with E-state index < -0.39 is 0 Å². The fourth-order valence-corrected chi connectivity index (χ4v) is 2.06. The van der Waals surface area contributed by atoms with Gasteiger partial charge in [-0.2, -0.15) is 0 Å². The van der Waals surface area contributed by atoms with Gasteiger partial charge in [-0.3, -0.25) is 0 Å². The molecule has 0 aliphatic rings. The summed E-state index contributed by atoms with van der Waals surface area (Å²) in [7, 11) is 0. The predicted octanol–water partition coefficient (Wildman–Crippen LogP) is 2.38. The maximum Gasteiger partial charge on any atom is 0.110 e. The van der Waals surface area contributed by atoms with Gasteiger partial charge >= 0.3 is 0 Å². The van der Waals surface area contributed by atoms with Crippen LogP contribution in [-0.2, 0) is 6.42 Å². The highest BCUT2D eigenvalue weighted by atomic mass is 15.1. The van der Waals surface area contributed by atoms with Gasteiger partial charge in [-0.25, -0.2) is 4.98 Å². The van der Waals surface area contributed by atoms with Gasteiger partial charge in [-0.15, -0.1) is 0 Å². The first-order chi connectivity index (χ1) is 8.08. The van der Waals surface area contributed by atoms with Gasteiger partial charge in [0, 0.05) is 24.1 Å². The molecule has 2 N–H and O–H groups in total. The maximum absolute atomic E-state index is 5.83. The zero-order valence-corrected chi connectivity index (χ0v) is 10.6. The van der Waals surface area contributed by atoms with Crippen molar-refractivity contribution in [2.75, 3.05) is 0 Å². The molecule has 90 valence electrons. The minimum atomic E-state index is 0.203. The molecule has 0 amide bonds. The fourth-order valence-electron chi connectivity index (χ4n) is 2.06. The maximum atomic E-state index is 5.83. The Labute approximate surface area is 102 Å². The van der Waals surface area contributed by atoms with Crippen molar-refractivity contribution in [3.8, 4) is 5.69 Å². The molecule has 0 fully saturated rings. The Hall–Kier alpha value is -1.61. The molecule has 1 aromatic heterocycles. The molecule has 1 unspecified atom stereocenters. The quantitative estimate of drug-likeness (QED) is 0.878. The van der Waals surface area contributed by atoms with Crippen LogP contribution < -0.4 is 5.73 Å². The Morgan fingerprint density at radius 2 is 2.12 bits per heavy atom. The van der Waals surface area contributed by atoms with Crippen molar-refractivity contribution >= 4 is 0 Å². The number of hydrogen-bond donors (Lipinski definition) is 1. The second-order valence-corrected chi connectivity index (χ2v) is 4.64. The SMILES string of the molecule is Cc1cc(-n2ccnc2C)ccc1CC(C)N. The van der Waals surface area contributed by atoms with E-state index in [1.165, 1.54) is 11.1 Å². The van der Waals surface area contributed by atoms with Gasteiger partial charge in [-0.1, -0.05) is 6.07 Å². The first-order valence-corrected chi connectivity index (χ1v) is 5.93. The van der Waals surface area contributed by atoms with Crippen molar-refractivity contribution in [1.29, 1.82) is 0 Å². The smallest absolute Gasteiger partial charge is 0.110 e. The number of aryl methyl sites for hydroxylation is 2. The molecule has 1 aromatic carbocycles. The van der Waals surface area contributed by atoms with E-state index in [4.69, 9.17) is 5.73 Å². The molecular weight excluding hydrogens is 210 g/mol. The largest absolute Gasteiger partial charge is 0.328 e. The molecule has 0 radical (unpaired) electrons. The molecule has 0 bridgehead atoms. The van der Waals surface area contributed by atoms with Crippen LogP contribution in [0.1, 0.15) is 23.9 Å². The summed E-state index contributed by atoms with van der Waals surface area (Å²) in [6.07, 6.45) is 4.73. The average molecular weight is 229 g/mol. The lowest BCUT2D eigenvalue weighted by Crippen LogP contribution is -2.18. The van der Waals surface area contributed by atoms with Crippen molar-refractivity contribution in [1.82, 2.24) is 9.55 Å². The van der Waals surface area contributed by atoms with Gasteiger partial charge in [0.2, 0.25) is 0 Å². The van der Waals surface area contributed by atoms with Crippen LogP contribution in [0.2, 0.25) is 0 Å². The number of aromatic nitrogens is 2. The summed E-state index contributed by atoms with van der Waals surface area (Å²) < 4.78 is 2.09. The molecule has 0 aliphatic carbocycles. The number of rotatable bonds is 3. The van der Waals surface area contributed by atoms with Crippen LogP contribution in [0.3, 0.4) is 0 Å². The third kappa shape index (κ3) is 2.56. The van der Waals surface area contributed by atoms with Gasteiger partial charge < -0.3 is 10.3 Å². The Morgan fingerprint density at radius 3 is 2.65 bits per heavy atom. The molecule has 17 heavy (non-hydrogen) atoms. The third-order valence-corrected chi connectivity index (χ3v) is 2.97. The van der Waals surface area contributed by atoms with E-state index in [0.29, 0.717) is 0 Å². The van der Waals surface area contributed by atoms with Crippen LogP contribution in [0.25, 0.3) is 5.69 Å². The van der Waals surface area contributed by atoms with Crippen LogP contribution in [0.15, 0.2) is 30.6 Å². The van der Waals surface area contributed by atoms with E-state index in [1.807, 2.05) is 26.2 Å². The predicted molar refractivity (Wildman–Crippen MR) is 70.4 cm³/mol. The van der Waals surface area contributed by atoms with Gasteiger partial charge in [0.05, 0.1) is 0 Å². The highest BCUT2D eigenvalue weighted by molar-refractivity contribution is 5.41. The number of benzene rings is 1. The van der Waals surface area contributed by atoms with Crippen molar-refractivity contribution in [2.24, 2.45) is 5.73 Å². The molecule has 0 saturated carbocycles. The third-order valence-electron chi connectivity index (χ3n) is 2.97. The second-order valence-electron chi connectivity index (χ2n) is 4.64. The lowest BCUT2D eigenvalue weighted by molar-refractivity contribution is 0.734. The Kier molecular flexibility index (Phi) is 3.29. The van der Waals surface area contributed by atoms with E-state index in [1.54, 1.807) is 0 Å². The van der Waals surface area contributed by atoms with Crippen LogP contribution >= 0.6 is 0 Å². The monoisotopic (exact) mass is 229 g/mol. The molecule has 3 nitrogen and oxygen atoms in total. The number of nitrogens with zero attached hydrogens (tertiary/aromatic N) is 2. The molecular formula is C14H19N3. The molecule has 3 heteroatoms. The van der Waals surface area contributed by atoms with Gasteiger partial charge in [0.25, 0.3) is 0 Å². The summed E-state index contributed by atoms with van der Waals surface area (Å²) in [5.74, 6) is 1.00. The highest BCUT2D eigenvalue weighted by Crippen LogP contribution is 2.17. The van der Waals surface area contributed by atoms with Crippen LogP contribution in [0.5, 0.6) is 0 Å². The molecule has 0 aliphatic heterocycles. The van der Waals surface area contributed by atoms with E-state index in [2.05, 4.69) is 34.7 Å². The van der Waals surface area contributed by atoms with Crippen LogP contribution in [-0.4, -0.2) is 15.6 Å². The van der Waals surface area contributed by atoms with E-state index in [0.717, 1.165) is 17.9 Å². The average Bonchev–Trinajstić information content (AvgIpc) is 2.67. The summed E-state index contributed by atoms with van der Waals surface area (Å²) in [5, 5.41) is 0. The lowest BCUT2D eigenvalue weighted by Gasteiger charge is -2.12. The van der Waals surface area contributed by atoms with Crippen LogP contribution in [0, 0.1) is 13.8 Å². The van der Waals surface area contributed by atoms with Gasteiger partial charge in [0.15, 0.2) is 0 Å². The number of hydrogen-bond acceptors (Lipinski definition) is 2. The summed E-state index contributed by atoms with van der Waals surface area (Å²) in [6.45, 7) is 6.17. The Bertz CT molecular complexity index is 512. The lowest BCUT2D eigenvalue weighted by atomic mass is 10.0. The Balaban J connectivity index is 2.34. The minimum Gasteiger partial charge on any atom is -0.328 e. The molecule has 2 rings (SSSR count). The van der Waals surface area contributed by atoms with Gasteiger partial charge in [0.1, 0.15) is 5.82 Å². The van der Waals surface area contributed by atoms with Crippen molar-refractivity contribution < 1.29 is 0 Å². The summed E-state index contributed by atoms with van der Waals surface area (Å²) >= 11 is 0. The summed E-state index contributed by atoms with van der Waals surface area (Å²) in [6, 6.07) is 6.67. The molecule has 2 aromatic rings. The summed E-state index contributed by atoms with van der Waals surface area (Å²) in [5.41, 5.74) is 9.60. The van der Waals surface area contributed by atoms with Gasteiger partial charge in [-0.05, 0) is 50.5 Å². The van der Waals surface area contributed by atoms with Crippen LogP contribution in [0.4, 0.5) is 0 Å². The first-order valence-electron chi connectivity index (χ1n) is 5.93. The van der Waals surface area contributed by atoms with E-state index in [9.17, 15) is 0 Å². The van der Waals surface area contributed by atoms with Crippen molar-refractivity contribution in [3.63, 3.8) is 0 Å². The zero-order valence-electron chi connectivity index (χ0n) is 10.6. The van der Waals surface area contributed by atoms with E-state index >= 15 is 0 Å². The summed E-state index contributed by atoms with van der Waals surface area (Å²) in [4.78, 5) is 4.24. The second kappa shape index (κ2) is 4.72. The van der Waals surface area contributed by atoms with E-state index in [-0.39, 0.29) is 6.04 Å². The number of nitrogens with two attached hydrogens (primary N) is 1. The molecule has 0 saturated heterocycles. The molecule has 1 atom stereocenters. The Morgan fingerprint density at radius 1 is 1.35 bits per heavy atom.